The Bertz CT molecular complexity index is 213. The van der Waals surface area contributed by atoms with Gasteiger partial charge in [0.05, 0.1) is 0 Å². The number of rotatable bonds is 9. The van der Waals surface area contributed by atoms with Crippen LogP contribution in [0, 0.1) is 5.92 Å². The molecule has 0 aliphatic rings. The first-order valence-electron chi connectivity index (χ1n) is 6.19. The van der Waals surface area contributed by atoms with Gasteiger partial charge in [-0.2, -0.15) is 33.7 Å². The molecule has 0 aromatic rings. The van der Waals surface area contributed by atoms with E-state index in [0.717, 1.165) is 25.0 Å². The molecule has 18 heavy (non-hydrogen) atoms. The van der Waals surface area contributed by atoms with Gasteiger partial charge in [-0.25, -0.2) is 0 Å². The van der Waals surface area contributed by atoms with Crippen molar-refractivity contribution in [3.05, 3.63) is 0 Å². The third-order valence-electron chi connectivity index (χ3n) is 2.51. The molecule has 0 aromatic carbocycles. The van der Waals surface area contributed by atoms with E-state index in [1.165, 1.54) is 11.8 Å². The molecular formula is C12H21F5S. The number of thioether (sulfide) groups is 1. The lowest BCUT2D eigenvalue weighted by molar-refractivity contribution is -0.284. The Hall–Kier alpha value is -0.0000000000000000555. The summed E-state index contributed by atoms with van der Waals surface area (Å²) in [4.78, 5) is 0. The summed E-state index contributed by atoms with van der Waals surface area (Å²) in [5.41, 5.74) is 0. The number of halogens is 5. The molecular weight excluding hydrogens is 271 g/mol. The minimum Gasteiger partial charge on any atom is -0.196 e. The van der Waals surface area contributed by atoms with E-state index in [2.05, 4.69) is 13.8 Å². The number of unbranched alkanes of at least 4 members (excludes halogenated alkanes) is 1. The van der Waals surface area contributed by atoms with Crippen LogP contribution in [0.1, 0.15) is 46.0 Å². The molecule has 0 aliphatic carbocycles. The van der Waals surface area contributed by atoms with Gasteiger partial charge in [0.1, 0.15) is 0 Å². The summed E-state index contributed by atoms with van der Waals surface area (Å²) in [6.45, 7) is 4.26. The minimum atomic E-state index is -5.41. The maximum atomic E-state index is 12.5. The number of alkyl halides is 5. The molecule has 0 N–H and O–H groups in total. The number of hydrogen-bond donors (Lipinski definition) is 0. The SMILES string of the molecule is CC(C)CCCCSCCCC(F)(F)C(F)(F)F. The van der Waals surface area contributed by atoms with Crippen molar-refractivity contribution in [2.24, 2.45) is 5.92 Å². The highest BCUT2D eigenvalue weighted by atomic mass is 32.2. The van der Waals surface area contributed by atoms with Crippen molar-refractivity contribution in [2.45, 2.75) is 58.1 Å². The summed E-state index contributed by atoms with van der Waals surface area (Å²) in [5, 5.41) is 0. The average Bonchev–Trinajstić information content (AvgIpc) is 2.19. The van der Waals surface area contributed by atoms with Gasteiger partial charge in [-0.15, -0.1) is 0 Å². The first-order valence-corrected chi connectivity index (χ1v) is 7.34. The Morgan fingerprint density at radius 3 is 1.94 bits per heavy atom. The molecule has 6 heteroatoms. The smallest absolute Gasteiger partial charge is 0.196 e. The lowest BCUT2D eigenvalue weighted by Gasteiger charge is -2.19. The maximum Gasteiger partial charge on any atom is 0.453 e. The second-order valence-corrected chi connectivity index (χ2v) is 6.03. The zero-order valence-electron chi connectivity index (χ0n) is 10.8. The molecule has 0 amide bonds. The molecule has 0 aliphatic heterocycles. The van der Waals surface area contributed by atoms with Crippen LogP contribution in [0.2, 0.25) is 0 Å². The monoisotopic (exact) mass is 292 g/mol. The van der Waals surface area contributed by atoms with Gasteiger partial charge in [0.15, 0.2) is 0 Å². The molecule has 0 aromatic heterocycles. The Balaban J connectivity index is 3.46. The van der Waals surface area contributed by atoms with Crippen molar-refractivity contribution in [3.63, 3.8) is 0 Å². The highest BCUT2D eigenvalue weighted by Gasteiger charge is 2.56. The Kier molecular flexibility index (Phi) is 8.23. The molecule has 0 fully saturated rings. The molecule has 0 saturated heterocycles. The van der Waals surface area contributed by atoms with Crippen LogP contribution >= 0.6 is 11.8 Å². The van der Waals surface area contributed by atoms with Crippen LogP contribution in [0.4, 0.5) is 22.0 Å². The molecule has 0 saturated carbocycles. The Morgan fingerprint density at radius 2 is 1.44 bits per heavy atom. The lowest BCUT2D eigenvalue weighted by Crippen LogP contribution is -2.36. The van der Waals surface area contributed by atoms with Crippen LogP contribution in [-0.2, 0) is 0 Å². The summed E-state index contributed by atoms with van der Waals surface area (Å²) >= 11 is 1.46. The van der Waals surface area contributed by atoms with Crippen molar-refractivity contribution < 1.29 is 22.0 Å². The van der Waals surface area contributed by atoms with E-state index >= 15 is 0 Å². The van der Waals surface area contributed by atoms with Gasteiger partial charge < -0.3 is 0 Å². The van der Waals surface area contributed by atoms with Gasteiger partial charge >= 0.3 is 12.1 Å². The summed E-state index contributed by atoms with van der Waals surface area (Å²) in [5.74, 6) is -2.68. The molecule has 0 bridgehead atoms. The van der Waals surface area contributed by atoms with Crippen molar-refractivity contribution in [3.8, 4) is 0 Å². The lowest BCUT2D eigenvalue weighted by atomic mass is 10.1. The summed E-state index contributed by atoms with van der Waals surface area (Å²) < 4.78 is 60.5. The van der Waals surface area contributed by atoms with E-state index in [1.807, 2.05) is 0 Å². The van der Waals surface area contributed by atoms with Crippen LogP contribution in [0.3, 0.4) is 0 Å². The van der Waals surface area contributed by atoms with E-state index in [0.29, 0.717) is 11.7 Å². The summed E-state index contributed by atoms with van der Waals surface area (Å²) in [7, 11) is 0. The maximum absolute atomic E-state index is 12.5. The molecule has 0 spiro atoms. The fraction of sp³-hybridized carbons (Fsp3) is 1.00. The van der Waals surface area contributed by atoms with Crippen molar-refractivity contribution >= 4 is 11.8 Å². The van der Waals surface area contributed by atoms with Gasteiger partial charge in [0.2, 0.25) is 0 Å². The third-order valence-corrected chi connectivity index (χ3v) is 3.67. The van der Waals surface area contributed by atoms with Gasteiger partial charge in [0, 0.05) is 6.42 Å². The van der Waals surface area contributed by atoms with E-state index in [-0.39, 0.29) is 6.42 Å². The minimum absolute atomic E-state index is 0.0959. The topological polar surface area (TPSA) is 0 Å². The first-order chi connectivity index (χ1) is 8.17. The van der Waals surface area contributed by atoms with Crippen LogP contribution in [0.5, 0.6) is 0 Å². The zero-order chi connectivity index (χ0) is 14.2. The van der Waals surface area contributed by atoms with Crippen molar-refractivity contribution in [1.29, 1.82) is 0 Å². The predicted octanol–water partition coefficient (Wildman–Crippen LogP) is 5.52. The standard InChI is InChI=1S/C12H21F5S/c1-10(2)6-3-4-8-18-9-5-7-11(13,14)12(15,16)17/h10H,3-9H2,1-2H3. The van der Waals surface area contributed by atoms with Gasteiger partial charge in [-0.3, -0.25) is 0 Å². The quantitative estimate of drug-likeness (QED) is 0.398. The Labute approximate surface area is 110 Å². The molecule has 0 unspecified atom stereocenters. The first kappa shape index (κ1) is 18.0. The van der Waals surface area contributed by atoms with E-state index in [4.69, 9.17) is 0 Å². The van der Waals surface area contributed by atoms with E-state index < -0.39 is 18.5 Å². The molecule has 0 atom stereocenters. The van der Waals surface area contributed by atoms with Crippen molar-refractivity contribution in [2.75, 3.05) is 11.5 Å². The second-order valence-electron chi connectivity index (χ2n) is 4.81. The molecule has 0 nitrogen and oxygen atoms in total. The summed E-state index contributed by atoms with van der Waals surface area (Å²) in [6, 6.07) is 0. The van der Waals surface area contributed by atoms with Gasteiger partial charge in [0.25, 0.3) is 0 Å². The highest BCUT2D eigenvalue weighted by molar-refractivity contribution is 7.99. The molecule has 0 heterocycles. The third kappa shape index (κ3) is 8.16. The predicted molar refractivity (Wildman–Crippen MR) is 66.3 cm³/mol. The van der Waals surface area contributed by atoms with E-state index in [9.17, 15) is 22.0 Å². The number of hydrogen-bond acceptors (Lipinski definition) is 1. The fourth-order valence-corrected chi connectivity index (χ4v) is 2.36. The molecule has 110 valence electrons. The van der Waals surface area contributed by atoms with E-state index in [1.54, 1.807) is 0 Å². The largest absolute Gasteiger partial charge is 0.453 e. The van der Waals surface area contributed by atoms with Crippen LogP contribution in [-0.4, -0.2) is 23.6 Å². The summed E-state index contributed by atoms with van der Waals surface area (Å²) in [6.07, 6.45) is -3.39. The van der Waals surface area contributed by atoms with Crippen molar-refractivity contribution in [1.82, 2.24) is 0 Å². The molecule has 0 rings (SSSR count). The molecule has 0 radical (unpaired) electrons. The Morgan fingerprint density at radius 1 is 0.889 bits per heavy atom. The van der Waals surface area contributed by atoms with Crippen LogP contribution in [0.25, 0.3) is 0 Å². The fourth-order valence-electron chi connectivity index (χ4n) is 1.40. The van der Waals surface area contributed by atoms with Gasteiger partial charge in [-0.1, -0.05) is 26.7 Å². The van der Waals surface area contributed by atoms with Crippen LogP contribution in [0.15, 0.2) is 0 Å². The highest BCUT2D eigenvalue weighted by Crippen LogP contribution is 2.39. The normalized spacial score (nSPS) is 13.3. The average molecular weight is 292 g/mol. The second kappa shape index (κ2) is 8.23. The zero-order valence-corrected chi connectivity index (χ0v) is 11.6. The van der Waals surface area contributed by atoms with Crippen LogP contribution < -0.4 is 0 Å². The van der Waals surface area contributed by atoms with Gasteiger partial charge in [-0.05, 0) is 30.3 Å².